The molecule has 2 rings (SSSR count). The van der Waals surface area contributed by atoms with Crippen molar-refractivity contribution >= 4 is 23.3 Å². The smallest absolute Gasteiger partial charge is 0.308 e. The Morgan fingerprint density at radius 1 is 1.16 bits per heavy atom. The molecule has 9 nitrogen and oxygen atoms in total. The highest BCUT2D eigenvalue weighted by Crippen LogP contribution is 2.18. The molecule has 0 unspecified atom stereocenters. The van der Waals surface area contributed by atoms with Crippen molar-refractivity contribution in [2.24, 2.45) is 5.92 Å². The number of benzene rings is 1. The molecule has 2 aromatic rings. The van der Waals surface area contributed by atoms with Gasteiger partial charge in [0.25, 0.3) is 11.6 Å². The molecule has 1 heterocycles. The molecule has 0 radical (unpaired) electrons. The lowest BCUT2D eigenvalue weighted by molar-refractivity contribution is -0.384. The number of Topliss-reactive ketones (excluding diaryl/α,β-unsaturated/α-hetero) is 1. The second-order valence-corrected chi connectivity index (χ2v) is 8.01. The van der Waals surface area contributed by atoms with Crippen molar-refractivity contribution in [3.63, 3.8) is 0 Å². The third-order valence-corrected chi connectivity index (χ3v) is 5.12. The number of aryl methyl sites for hydroxylation is 1. The largest absolute Gasteiger partial charge is 0.457 e. The standard InChI is InChI=1S/C23H29N3O6/c1-15(2)10-12-25-16(3)13-20(17(25)4)21(27)14-32-22(28)9-11-24-23(29)18-5-7-19(8-6-18)26(30)31/h5-8,13,15H,9-12,14H2,1-4H3,(H,24,29). The number of nitro groups is 1. The Bertz CT molecular complexity index is 992. The highest BCUT2D eigenvalue weighted by Gasteiger charge is 2.18. The molecule has 0 aliphatic carbocycles. The Morgan fingerprint density at radius 3 is 2.41 bits per heavy atom. The minimum Gasteiger partial charge on any atom is -0.457 e. The van der Waals surface area contributed by atoms with Crippen LogP contribution in [-0.2, 0) is 16.1 Å². The molecule has 0 spiro atoms. The van der Waals surface area contributed by atoms with Gasteiger partial charge in [0.1, 0.15) is 0 Å². The molecular weight excluding hydrogens is 414 g/mol. The van der Waals surface area contributed by atoms with Gasteiger partial charge >= 0.3 is 5.97 Å². The van der Waals surface area contributed by atoms with Gasteiger partial charge in [-0.15, -0.1) is 0 Å². The number of hydrogen-bond acceptors (Lipinski definition) is 6. The van der Waals surface area contributed by atoms with Gasteiger partial charge in [0.15, 0.2) is 6.61 Å². The van der Waals surface area contributed by atoms with Crippen LogP contribution in [0.2, 0.25) is 0 Å². The van der Waals surface area contributed by atoms with E-state index in [1.165, 1.54) is 24.3 Å². The molecule has 1 aromatic heterocycles. The molecule has 0 aliphatic rings. The first-order chi connectivity index (χ1) is 15.1. The van der Waals surface area contributed by atoms with Crippen LogP contribution >= 0.6 is 0 Å². The number of non-ortho nitro benzene ring substituents is 1. The molecule has 1 N–H and O–H groups in total. The minimum atomic E-state index is -0.601. The van der Waals surface area contributed by atoms with E-state index < -0.39 is 16.8 Å². The SMILES string of the molecule is Cc1cc(C(=O)COC(=O)CCNC(=O)c2ccc([N+](=O)[O-])cc2)c(C)n1CCC(C)C. The number of nitrogens with one attached hydrogen (secondary N) is 1. The topological polar surface area (TPSA) is 121 Å². The summed E-state index contributed by atoms with van der Waals surface area (Å²) in [4.78, 5) is 46.6. The fraction of sp³-hybridized carbons (Fsp3) is 0.435. The summed E-state index contributed by atoms with van der Waals surface area (Å²) in [6.07, 6.45) is 0.907. The number of ketones is 1. The van der Waals surface area contributed by atoms with Crippen LogP contribution in [0.3, 0.4) is 0 Å². The number of hydrogen-bond donors (Lipinski definition) is 1. The number of nitrogens with zero attached hydrogens (tertiary/aromatic N) is 2. The van der Waals surface area contributed by atoms with Crippen molar-refractivity contribution in [1.29, 1.82) is 0 Å². The lowest BCUT2D eigenvalue weighted by Crippen LogP contribution is -2.27. The van der Waals surface area contributed by atoms with E-state index in [0.29, 0.717) is 11.5 Å². The molecule has 0 aliphatic heterocycles. The van der Waals surface area contributed by atoms with E-state index in [0.717, 1.165) is 24.4 Å². The van der Waals surface area contributed by atoms with Crippen molar-refractivity contribution in [3.05, 3.63) is 63.0 Å². The van der Waals surface area contributed by atoms with Gasteiger partial charge in [0.05, 0.1) is 11.3 Å². The van der Waals surface area contributed by atoms with Crippen LogP contribution < -0.4 is 5.32 Å². The maximum atomic E-state index is 12.5. The summed E-state index contributed by atoms with van der Waals surface area (Å²) in [6, 6.07) is 6.95. The fourth-order valence-electron chi connectivity index (χ4n) is 3.23. The Labute approximate surface area is 186 Å². The van der Waals surface area contributed by atoms with Gasteiger partial charge in [-0.2, -0.15) is 0 Å². The summed E-state index contributed by atoms with van der Waals surface area (Å²) < 4.78 is 7.17. The maximum absolute atomic E-state index is 12.5. The Balaban J connectivity index is 1.79. The summed E-state index contributed by atoms with van der Waals surface area (Å²) >= 11 is 0. The van der Waals surface area contributed by atoms with Crippen LogP contribution in [0.4, 0.5) is 5.69 Å². The van der Waals surface area contributed by atoms with Gasteiger partial charge < -0.3 is 14.6 Å². The van der Waals surface area contributed by atoms with Crippen LogP contribution in [0, 0.1) is 29.9 Å². The van der Waals surface area contributed by atoms with Crippen molar-refractivity contribution in [3.8, 4) is 0 Å². The number of ether oxygens (including phenoxy) is 1. The molecule has 0 atom stereocenters. The lowest BCUT2D eigenvalue weighted by atomic mass is 10.1. The quantitative estimate of drug-likeness (QED) is 0.245. The maximum Gasteiger partial charge on any atom is 0.308 e. The van der Waals surface area contributed by atoms with Gasteiger partial charge in [-0.05, 0) is 44.4 Å². The predicted octanol–water partition coefficient (Wildman–Crippen LogP) is 3.61. The van der Waals surface area contributed by atoms with Crippen LogP contribution in [0.5, 0.6) is 0 Å². The highest BCUT2D eigenvalue weighted by molar-refractivity contribution is 5.99. The first kappa shape index (κ1) is 24.8. The number of rotatable bonds is 11. The number of carbonyl (C=O) groups is 3. The van der Waals surface area contributed by atoms with Crippen LogP contribution in [0.15, 0.2) is 30.3 Å². The Kier molecular flexibility index (Phi) is 8.69. The van der Waals surface area contributed by atoms with Crippen molar-refractivity contribution in [2.45, 2.75) is 47.1 Å². The first-order valence-electron chi connectivity index (χ1n) is 10.5. The molecule has 0 saturated carbocycles. The van der Waals surface area contributed by atoms with E-state index in [4.69, 9.17) is 4.74 Å². The van der Waals surface area contributed by atoms with Gasteiger partial charge in [-0.3, -0.25) is 24.5 Å². The lowest BCUT2D eigenvalue weighted by Gasteiger charge is -2.11. The molecule has 0 saturated heterocycles. The van der Waals surface area contributed by atoms with Crippen LogP contribution in [0.25, 0.3) is 0 Å². The zero-order chi connectivity index (χ0) is 23.8. The fourth-order valence-corrected chi connectivity index (χ4v) is 3.23. The zero-order valence-electron chi connectivity index (χ0n) is 18.8. The molecule has 9 heteroatoms. The summed E-state index contributed by atoms with van der Waals surface area (Å²) in [5, 5.41) is 13.2. The number of nitro benzene ring substituents is 1. The first-order valence-corrected chi connectivity index (χ1v) is 10.5. The molecule has 1 aromatic carbocycles. The van der Waals surface area contributed by atoms with Gasteiger partial charge in [-0.25, -0.2) is 0 Å². The van der Waals surface area contributed by atoms with Gasteiger partial charge in [-0.1, -0.05) is 13.8 Å². The van der Waals surface area contributed by atoms with E-state index in [1.54, 1.807) is 0 Å². The summed E-state index contributed by atoms with van der Waals surface area (Å²) in [6.45, 7) is 8.62. The van der Waals surface area contributed by atoms with E-state index in [9.17, 15) is 24.5 Å². The van der Waals surface area contributed by atoms with E-state index in [2.05, 4.69) is 23.7 Å². The molecular formula is C23H29N3O6. The summed E-state index contributed by atoms with van der Waals surface area (Å²) in [5.41, 5.74) is 2.53. The monoisotopic (exact) mass is 443 g/mol. The van der Waals surface area contributed by atoms with Crippen molar-refractivity contribution in [1.82, 2.24) is 9.88 Å². The summed E-state index contributed by atoms with van der Waals surface area (Å²) in [7, 11) is 0. The number of carbonyl (C=O) groups excluding carboxylic acids is 3. The third kappa shape index (κ3) is 6.76. The van der Waals surface area contributed by atoms with Crippen LogP contribution in [-0.4, -0.2) is 40.3 Å². The van der Waals surface area contributed by atoms with Gasteiger partial charge in [0.2, 0.25) is 5.78 Å². The van der Waals surface area contributed by atoms with Crippen LogP contribution in [0.1, 0.15) is 58.8 Å². The molecule has 1 amide bonds. The number of aromatic nitrogens is 1. The normalized spacial score (nSPS) is 10.8. The third-order valence-electron chi connectivity index (χ3n) is 5.12. The molecule has 0 fully saturated rings. The van der Waals surface area contributed by atoms with Crippen molar-refractivity contribution < 1.29 is 24.0 Å². The Hall–Kier alpha value is -3.49. The van der Waals surface area contributed by atoms with E-state index in [-0.39, 0.29) is 36.6 Å². The van der Waals surface area contributed by atoms with Crippen molar-refractivity contribution in [2.75, 3.05) is 13.2 Å². The number of amides is 1. The highest BCUT2D eigenvalue weighted by atomic mass is 16.6. The average Bonchev–Trinajstić information content (AvgIpc) is 3.03. The second kappa shape index (κ2) is 11.2. The molecule has 172 valence electrons. The van der Waals surface area contributed by atoms with E-state index >= 15 is 0 Å². The summed E-state index contributed by atoms with van der Waals surface area (Å²) in [5.74, 6) is -0.775. The van der Waals surface area contributed by atoms with E-state index in [1.807, 2.05) is 19.9 Å². The molecule has 0 bridgehead atoms. The zero-order valence-corrected chi connectivity index (χ0v) is 18.8. The molecule has 32 heavy (non-hydrogen) atoms. The predicted molar refractivity (Wildman–Crippen MR) is 119 cm³/mol. The second-order valence-electron chi connectivity index (χ2n) is 8.01. The average molecular weight is 444 g/mol. The van der Waals surface area contributed by atoms with Gasteiger partial charge in [0, 0.05) is 47.7 Å². The minimum absolute atomic E-state index is 0.0204. The number of esters is 1. The Morgan fingerprint density at radius 2 is 1.81 bits per heavy atom.